The van der Waals surface area contributed by atoms with Gasteiger partial charge in [-0.3, -0.25) is 4.79 Å². The summed E-state index contributed by atoms with van der Waals surface area (Å²) in [6.45, 7) is 12.5. The van der Waals surface area contributed by atoms with Gasteiger partial charge in [-0.2, -0.15) is 0 Å². The molecule has 3 atom stereocenters. The minimum Gasteiger partial charge on any atom is -0.463 e. The summed E-state index contributed by atoms with van der Waals surface area (Å²) in [6.07, 6.45) is -0.0943. The zero-order valence-electron chi connectivity index (χ0n) is 13.9. The predicted molar refractivity (Wildman–Crippen MR) is 77.7 cm³/mol. The molecule has 5 heteroatoms. The second-order valence-electron chi connectivity index (χ2n) is 6.18. The molecule has 0 aliphatic carbocycles. The van der Waals surface area contributed by atoms with Crippen molar-refractivity contribution >= 4 is 5.97 Å². The van der Waals surface area contributed by atoms with E-state index >= 15 is 0 Å². The van der Waals surface area contributed by atoms with E-state index in [0.29, 0.717) is 13.2 Å². The Morgan fingerprint density at radius 3 is 1.80 bits per heavy atom. The second-order valence-corrected chi connectivity index (χ2v) is 6.18. The first-order valence-electron chi connectivity index (χ1n) is 7.10. The van der Waals surface area contributed by atoms with Crippen LogP contribution in [0.1, 0.15) is 41.5 Å². The molecule has 3 unspecified atom stereocenters. The van der Waals surface area contributed by atoms with Gasteiger partial charge in [0.1, 0.15) is 6.61 Å². The Kier molecular flexibility index (Phi) is 9.01. The third-order valence-electron chi connectivity index (χ3n) is 2.69. The zero-order chi connectivity index (χ0) is 15.8. The molecule has 0 fully saturated rings. The summed E-state index contributed by atoms with van der Waals surface area (Å²) >= 11 is 0. The molecular formula is C15H30O5. The van der Waals surface area contributed by atoms with Gasteiger partial charge in [-0.1, -0.05) is 0 Å². The van der Waals surface area contributed by atoms with Crippen LogP contribution in [0, 0.1) is 5.41 Å². The van der Waals surface area contributed by atoms with Crippen molar-refractivity contribution in [3.63, 3.8) is 0 Å². The maximum absolute atomic E-state index is 11.6. The number of hydrogen-bond donors (Lipinski definition) is 0. The maximum atomic E-state index is 11.6. The molecule has 0 aromatic carbocycles. The van der Waals surface area contributed by atoms with Crippen molar-refractivity contribution in [3.8, 4) is 0 Å². The van der Waals surface area contributed by atoms with Gasteiger partial charge in [-0.25, -0.2) is 0 Å². The fourth-order valence-electron chi connectivity index (χ4n) is 1.17. The normalized spacial score (nSPS) is 16.6. The second kappa shape index (κ2) is 9.32. The van der Waals surface area contributed by atoms with Crippen LogP contribution in [0.5, 0.6) is 0 Å². The highest BCUT2D eigenvalue weighted by Crippen LogP contribution is 2.15. The Hall–Kier alpha value is -0.650. The molecule has 0 saturated heterocycles. The van der Waals surface area contributed by atoms with Gasteiger partial charge in [0.2, 0.25) is 0 Å². The third-order valence-corrected chi connectivity index (χ3v) is 2.69. The van der Waals surface area contributed by atoms with Crippen molar-refractivity contribution in [3.05, 3.63) is 0 Å². The summed E-state index contributed by atoms with van der Waals surface area (Å²) in [4.78, 5) is 11.6. The number of carbonyl (C=O) groups excluding carboxylic acids is 1. The highest BCUT2D eigenvalue weighted by Gasteiger charge is 2.23. The minimum atomic E-state index is -0.480. The lowest BCUT2D eigenvalue weighted by molar-refractivity contribution is -0.157. The summed E-state index contributed by atoms with van der Waals surface area (Å²) < 4.78 is 21.4. The number of rotatable bonds is 9. The molecular weight excluding hydrogens is 260 g/mol. The lowest BCUT2D eigenvalue weighted by Crippen LogP contribution is -2.29. The van der Waals surface area contributed by atoms with Crippen LogP contribution in [0.4, 0.5) is 0 Å². The van der Waals surface area contributed by atoms with E-state index in [4.69, 9.17) is 18.9 Å². The van der Waals surface area contributed by atoms with Gasteiger partial charge in [0.15, 0.2) is 0 Å². The number of methoxy groups -OCH3 is 1. The van der Waals surface area contributed by atoms with E-state index in [-0.39, 0.29) is 30.9 Å². The Bertz CT molecular complexity index is 272. The Morgan fingerprint density at radius 1 is 0.900 bits per heavy atom. The van der Waals surface area contributed by atoms with Gasteiger partial charge in [-0.15, -0.1) is 0 Å². The van der Waals surface area contributed by atoms with E-state index in [2.05, 4.69) is 0 Å². The van der Waals surface area contributed by atoms with Crippen molar-refractivity contribution in [1.29, 1.82) is 0 Å². The summed E-state index contributed by atoms with van der Waals surface area (Å²) in [5, 5.41) is 0. The third kappa shape index (κ3) is 9.28. The molecule has 0 aromatic rings. The molecule has 0 aliphatic rings. The van der Waals surface area contributed by atoms with Gasteiger partial charge >= 0.3 is 5.97 Å². The Morgan fingerprint density at radius 2 is 1.35 bits per heavy atom. The quantitative estimate of drug-likeness (QED) is 0.610. The first-order chi connectivity index (χ1) is 9.16. The fourth-order valence-corrected chi connectivity index (χ4v) is 1.17. The Balaban J connectivity index is 3.77. The number of hydrogen-bond acceptors (Lipinski definition) is 5. The van der Waals surface area contributed by atoms with Gasteiger partial charge < -0.3 is 18.9 Å². The average Bonchev–Trinajstić information content (AvgIpc) is 2.38. The monoisotopic (exact) mass is 290 g/mol. The smallest absolute Gasteiger partial charge is 0.311 e. The topological polar surface area (TPSA) is 54.0 Å². The molecule has 0 saturated carbocycles. The predicted octanol–water partition coefficient (Wildman–Crippen LogP) is 2.42. The number of esters is 1. The van der Waals surface area contributed by atoms with E-state index in [9.17, 15) is 4.79 Å². The standard InChI is InChI=1S/C15H30O5/c1-11(17-7)8-18-12(2)9-19-13(3)10-20-14(16)15(4,5)6/h11-13H,8-10H2,1-7H3. The summed E-state index contributed by atoms with van der Waals surface area (Å²) in [6, 6.07) is 0. The van der Waals surface area contributed by atoms with Crippen LogP contribution in [0.3, 0.4) is 0 Å². The van der Waals surface area contributed by atoms with Crippen LogP contribution in [0.15, 0.2) is 0 Å². The molecule has 0 bridgehead atoms. The molecule has 20 heavy (non-hydrogen) atoms. The minimum absolute atomic E-state index is 0.0200. The van der Waals surface area contributed by atoms with Crippen molar-refractivity contribution in [2.24, 2.45) is 5.41 Å². The van der Waals surface area contributed by atoms with Gasteiger partial charge in [0, 0.05) is 7.11 Å². The maximum Gasteiger partial charge on any atom is 0.311 e. The molecule has 0 amide bonds. The van der Waals surface area contributed by atoms with E-state index in [0.717, 1.165) is 0 Å². The number of ether oxygens (including phenoxy) is 4. The highest BCUT2D eigenvalue weighted by molar-refractivity contribution is 5.75. The van der Waals surface area contributed by atoms with Crippen molar-refractivity contribution in [1.82, 2.24) is 0 Å². The van der Waals surface area contributed by atoms with Crippen LogP contribution in [-0.4, -0.2) is 51.2 Å². The molecule has 5 nitrogen and oxygen atoms in total. The van der Waals surface area contributed by atoms with E-state index in [1.807, 2.05) is 41.5 Å². The van der Waals surface area contributed by atoms with E-state index in [1.165, 1.54) is 0 Å². The van der Waals surface area contributed by atoms with Crippen LogP contribution < -0.4 is 0 Å². The highest BCUT2D eigenvalue weighted by atomic mass is 16.6. The summed E-state index contributed by atoms with van der Waals surface area (Å²) in [7, 11) is 1.65. The van der Waals surface area contributed by atoms with Crippen LogP contribution in [0.25, 0.3) is 0 Å². The lowest BCUT2D eigenvalue weighted by Gasteiger charge is -2.21. The molecule has 0 N–H and O–H groups in total. The van der Waals surface area contributed by atoms with Crippen LogP contribution in [-0.2, 0) is 23.7 Å². The molecule has 0 rings (SSSR count). The zero-order valence-corrected chi connectivity index (χ0v) is 13.9. The lowest BCUT2D eigenvalue weighted by atomic mass is 9.97. The van der Waals surface area contributed by atoms with Crippen molar-refractivity contribution < 1.29 is 23.7 Å². The first-order valence-corrected chi connectivity index (χ1v) is 7.10. The largest absolute Gasteiger partial charge is 0.463 e. The van der Waals surface area contributed by atoms with Gasteiger partial charge in [0.05, 0.1) is 36.9 Å². The molecule has 0 aromatic heterocycles. The molecule has 0 radical (unpaired) electrons. The SMILES string of the molecule is COC(C)COC(C)COC(C)COC(=O)C(C)(C)C. The van der Waals surface area contributed by atoms with Crippen LogP contribution >= 0.6 is 0 Å². The molecule has 0 spiro atoms. The fraction of sp³-hybridized carbons (Fsp3) is 0.933. The average molecular weight is 290 g/mol. The first kappa shape index (κ1) is 19.4. The molecule has 0 heterocycles. The van der Waals surface area contributed by atoms with Crippen molar-refractivity contribution in [2.75, 3.05) is 26.9 Å². The summed E-state index contributed by atoms with van der Waals surface area (Å²) in [5.74, 6) is -0.217. The van der Waals surface area contributed by atoms with Crippen LogP contribution in [0.2, 0.25) is 0 Å². The Labute approximate surface area is 122 Å². The summed E-state index contributed by atoms with van der Waals surface area (Å²) in [5.41, 5.74) is -0.480. The van der Waals surface area contributed by atoms with E-state index < -0.39 is 5.41 Å². The molecule has 120 valence electrons. The van der Waals surface area contributed by atoms with Gasteiger partial charge in [0.25, 0.3) is 0 Å². The van der Waals surface area contributed by atoms with Gasteiger partial charge in [-0.05, 0) is 41.5 Å². The van der Waals surface area contributed by atoms with Crippen molar-refractivity contribution in [2.45, 2.75) is 59.9 Å². The molecule has 0 aliphatic heterocycles. The van der Waals surface area contributed by atoms with E-state index in [1.54, 1.807) is 7.11 Å². The number of carbonyl (C=O) groups is 1.